The van der Waals surface area contributed by atoms with E-state index in [1.54, 1.807) is 60.9 Å². The highest BCUT2D eigenvalue weighted by Crippen LogP contribution is 2.19. The maximum Gasteiger partial charge on any atom is 0.329 e. The summed E-state index contributed by atoms with van der Waals surface area (Å²) in [5.74, 6) is -2.40. The molecule has 3 aromatic rings. The molecule has 0 radical (unpaired) electrons. The largest absolute Gasteiger partial charge is 0.329 e. The first-order valence-corrected chi connectivity index (χ1v) is 9.11. The Balaban J connectivity index is 1.64. The van der Waals surface area contributed by atoms with E-state index < -0.39 is 17.7 Å². The zero-order valence-electron chi connectivity index (χ0n) is 15.5. The van der Waals surface area contributed by atoms with Gasteiger partial charge in [0.05, 0.1) is 17.5 Å². The standard InChI is InChI=1S/C21H16ClN5O3/c22-15-5-7-16(8-6-15)25-19(28)17-3-1-2-4-18(17)26-20(29)21(30)27-24-13-14-9-11-23-12-10-14/h1-13H,(H,25,28)(H,26,29)(H,27,30)/b24-13-. The number of hydrazone groups is 1. The van der Waals surface area contributed by atoms with Crippen LogP contribution < -0.4 is 16.1 Å². The van der Waals surface area contributed by atoms with Crippen molar-refractivity contribution in [2.75, 3.05) is 10.6 Å². The molecular formula is C21H16ClN5O3. The van der Waals surface area contributed by atoms with Crippen LogP contribution in [0.3, 0.4) is 0 Å². The average Bonchev–Trinajstić information content (AvgIpc) is 2.76. The van der Waals surface area contributed by atoms with Crippen LogP contribution >= 0.6 is 11.6 Å². The zero-order valence-corrected chi connectivity index (χ0v) is 16.3. The van der Waals surface area contributed by atoms with Gasteiger partial charge in [0, 0.05) is 23.1 Å². The summed E-state index contributed by atoms with van der Waals surface area (Å²) in [6.45, 7) is 0. The molecule has 0 aliphatic carbocycles. The SMILES string of the molecule is O=C(N/N=C\c1ccncc1)C(=O)Nc1ccccc1C(=O)Nc1ccc(Cl)cc1. The van der Waals surface area contributed by atoms with Gasteiger partial charge in [-0.15, -0.1) is 0 Å². The fourth-order valence-corrected chi connectivity index (χ4v) is 2.49. The van der Waals surface area contributed by atoms with Gasteiger partial charge in [0.2, 0.25) is 0 Å². The van der Waals surface area contributed by atoms with Crippen LogP contribution in [0.15, 0.2) is 78.2 Å². The maximum atomic E-state index is 12.6. The Morgan fingerprint density at radius 2 is 1.57 bits per heavy atom. The highest BCUT2D eigenvalue weighted by atomic mass is 35.5. The van der Waals surface area contributed by atoms with Crippen LogP contribution in [0.5, 0.6) is 0 Å². The molecule has 0 fully saturated rings. The summed E-state index contributed by atoms with van der Waals surface area (Å²) in [7, 11) is 0. The Morgan fingerprint density at radius 3 is 2.30 bits per heavy atom. The molecule has 30 heavy (non-hydrogen) atoms. The van der Waals surface area contributed by atoms with Gasteiger partial charge in [0.15, 0.2) is 0 Å². The molecule has 0 spiro atoms. The average molecular weight is 422 g/mol. The van der Waals surface area contributed by atoms with E-state index in [1.807, 2.05) is 0 Å². The van der Waals surface area contributed by atoms with Crippen LogP contribution in [0, 0.1) is 0 Å². The van der Waals surface area contributed by atoms with Crippen LogP contribution in [0.1, 0.15) is 15.9 Å². The molecule has 8 nitrogen and oxygen atoms in total. The van der Waals surface area contributed by atoms with E-state index in [0.29, 0.717) is 16.3 Å². The molecule has 3 amide bonds. The number of nitrogens with one attached hydrogen (secondary N) is 3. The van der Waals surface area contributed by atoms with Crippen molar-refractivity contribution in [1.82, 2.24) is 10.4 Å². The van der Waals surface area contributed by atoms with Crippen LogP contribution in [0.25, 0.3) is 0 Å². The van der Waals surface area contributed by atoms with Gasteiger partial charge in [0.25, 0.3) is 5.91 Å². The lowest BCUT2D eigenvalue weighted by Crippen LogP contribution is -2.33. The molecule has 2 aromatic carbocycles. The minimum Gasteiger partial charge on any atom is -0.322 e. The topological polar surface area (TPSA) is 113 Å². The number of aromatic nitrogens is 1. The van der Waals surface area contributed by atoms with Gasteiger partial charge in [-0.05, 0) is 54.1 Å². The number of para-hydroxylation sites is 1. The van der Waals surface area contributed by atoms with Crippen LogP contribution in [0.4, 0.5) is 11.4 Å². The molecule has 9 heteroatoms. The molecule has 1 heterocycles. The van der Waals surface area contributed by atoms with Gasteiger partial charge in [-0.1, -0.05) is 23.7 Å². The van der Waals surface area contributed by atoms with Crippen LogP contribution in [0.2, 0.25) is 5.02 Å². The van der Waals surface area contributed by atoms with Crippen molar-refractivity contribution in [3.05, 3.63) is 89.2 Å². The number of hydrogen-bond acceptors (Lipinski definition) is 5. The van der Waals surface area contributed by atoms with E-state index in [9.17, 15) is 14.4 Å². The number of pyridine rings is 1. The number of hydrogen-bond donors (Lipinski definition) is 3. The second-order valence-corrected chi connectivity index (χ2v) is 6.38. The Labute approximate surface area is 177 Å². The minimum absolute atomic E-state index is 0.183. The van der Waals surface area contributed by atoms with E-state index in [0.717, 1.165) is 0 Å². The maximum absolute atomic E-state index is 12.6. The summed E-state index contributed by atoms with van der Waals surface area (Å²) >= 11 is 5.84. The second kappa shape index (κ2) is 9.94. The Kier molecular flexibility index (Phi) is 6.86. The lowest BCUT2D eigenvalue weighted by atomic mass is 10.1. The Morgan fingerprint density at radius 1 is 0.867 bits per heavy atom. The van der Waals surface area contributed by atoms with Crippen molar-refractivity contribution in [3.8, 4) is 0 Å². The molecule has 3 rings (SSSR count). The molecular weight excluding hydrogens is 406 g/mol. The molecule has 3 N–H and O–H groups in total. The fraction of sp³-hybridized carbons (Fsp3) is 0. The van der Waals surface area contributed by atoms with E-state index in [1.165, 1.54) is 18.3 Å². The van der Waals surface area contributed by atoms with Gasteiger partial charge < -0.3 is 10.6 Å². The lowest BCUT2D eigenvalue weighted by molar-refractivity contribution is -0.136. The number of carbonyl (C=O) groups is 3. The van der Waals surface area contributed by atoms with Gasteiger partial charge >= 0.3 is 11.8 Å². The number of amides is 3. The van der Waals surface area contributed by atoms with Gasteiger partial charge in [-0.2, -0.15) is 5.10 Å². The molecule has 150 valence electrons. The molecule has 0 bridgehead atoms. The smallest absolute Gasteiger partial charge is 0.322 e. The van der Waals surface area contributed by atoms with Crippen molar-refractivity contribution < 1.29 is 14.4 Å². The number of benzene rings is 2. The summed E-state index contributed by atoms with van der Waals surface area (Å²) in [6.07, 6.45) is 4.52. The number of rotatable bonds is 5. The highest BCUT2D eigenvalue weighted by Gasteiger charge is 2.17. The number of halogens is 1. The first-order valence-electron chi connectivity index (χ1n) is 8.73. The normalized spacial score (nSPS) is 10.4. The Bertz CT molecular complexity index is 1090. The minimum atomic E-state index is -0.979. The van der Waals surface area contributed by atoms with Crippen LogP contribution in [-0.2, 0) is 9.59 Å². The van der Waals surface area contributed by atoms with Crippen LogP contribution in [-0.4, -0.2) is 28.9 Å². The molecule has 0 unspecified atom stereocenters. The summed E-state index contributed by atoms with van der Waals surface area (Å²) in [5, 5.41) is 9.38. The van der Waals surface area contributed by atoms with E-state index in [2.05, 4.69) is 26.1 Å². The number of nitrogens with zero attached hydrogens (tertiary/aromatic N) is 2. The van der Waals surface area contributed by atoms with E-state index >= 15 is 0 Å². The molecule has 0 atom stereocenters. The third-order valence-corrected chi connectivity index (χ3v) is 4.07. The second-order valence-electron chi connectivity index (χ2n) is 5.94. The van der Waals surface area contributed by atoms with E-state index in [-0.39, 0.29) is 11.3 Å². The van der Waals surface area contributed by atoms with Crippen molar-refractivity contribution in [1.29, 1.82) is 0 Å². The van der Waals surface area contributed by atoms with Crippen molar-refractivity contribution in [2.24, 2.45) is 5.10 Å². The first-order chi connectivity index (χ1) is 14.5. The van der Waals surface area contributed by atoms with Crippen molar-refractivity contribution in [3.63, 3.8) is 0 Å². The number of carbonyl (C=O) groups excluding carboxylic acids is 3. The number of anilines is 2. The lowest BCUT2D eigenvalue weighted by Gasteiger charge is -2.11. The summed E-state index contributed by atoms with van der Waals surface area (Å²) in [5.41, 5.74) is 3.74. The molecule has 0 aliphatic heterocycles. The monoisotopic (exact) mass is 421 g/mol. The molecule has 0 aliphatic rings. The predicted molar refractivity (Wildman–Crippen MR) is 114 cm³/mol. The van der Waals surface area contributed by atoms with Gasteiger partial charge in [0.1, 0.15) is 0 Å². The van der Waals surface area contributed by atoms with Crippen molar-refractivity contribution >= 4 is 46.9 Å². The van der Waals surface area contributed by atoms with Gasteiger partial charge in [-0.3, -0.25) is 19.4 Å². The molecule has 1 aromatic heterocycles. The van der Waals surface area contributed by atoms with E-state index in [4.69, 9.17) is 11.6 Å². The van der Waals surface area contributed by atoms with Gasteiger partial charge in [-0.25, -0.2) is 5.43 Å². The molecule has 0 saturated heterocycles. The third-order valence-electron chi connectivity index (χ3n) is 3.81. The molecule has 0 saturated carbocycles. The fourth-order valence-electron chi connectivity index (χ4n) is 2.37. The summed E-state index contributed by atoms with van der Waals surface area (Å²) < 4.78 is 0. The first kappa shape index (κ1) is 20.7. The quantitative estimate of drug-likeness (QED) is 0.334. The highest BCUT2D eigenvalue weighted by molar-refractivity contribution is 6.40. The Hall–Kier alpha value is -4.04. The summed E-state index contributed by atoms with van der Waals surface area (Å²) in [4.78, 5) is 40.6. The summed E-state index contributed by atoms with van der Waals surface area (Å²) in [6, 6.07) is 16.3. The van der Waals surface area contributed by atoms with Crippen molar-refractivity contribution in [2.45, 2.75) is 0 Å². The third kappa shape index (κ3) is 5.73. The predicted octanol–water partition coefficient (Wildman–Crippen LogP) is 3.08. The zero-order chi connectivity index (χ0) is 21.3.